The van der Waals surface area contributed by atoms with E-state index in [1.165, 1.54) is 50.6 Å². The lowest BCUT2D eigenvalue weighted by atomic mass is 10.1. The van der Waals surface area contributed by atoms with Crippen LogP contribution in [0.4, 0.5) is 0 Å². The molecule has 0 saturated carbocycles. The molecule has 2 nitrogen and oxygen atoms in total. The summed E-state index contributed by atoms with van der Waals surface area (Å²) in [7, 11) is 0. The summed E-state index contributed by atoms with van der Waals surface area (Å²) in [6.07, 6.45) is 1.25. The van der Waals surface area contributed by atoms with Gasteiger partial charge in [-0.3, -0.25) is 9.80 Å². The molecular formula is C15H21BrN2S. The van der Waals surface area contributed by atoms with Gasteiger partial charge in [-0.1, -0.05) is 34.1 Å². The average molecular weight is 341 g/mol. The van der Waals surface area contributed by atoms with Crippen LogP contribution in [0.3, 0.4) is 0 Å². The second-order valence-electron chi connectivity index (χ2n) is 5.38. The molecule has 0 radical (unpaired) electrons. The summed E-state index contributed by atoms with van der Waals surface area (Å²) in [5, 5.41) is 1.86. The molecular weight excluding hydrogens is 320 g/mol. The van der Waals surface area contributed by atoms with E-state index in [4.69, 9.17) is 0 Å². The van der Waals surface area contributed by atoms with Crippen LogP contribution in [0.15, 0.2) is 29.2 Å². The molecule has 104 valence electrons. The smallest absolute Gasteiger partial charge is 0.0263 e. The Balaban J connectivity index is 1.47. The fourth-order valence-corrected chi connectivity index (χ4v) is 4.83. The molecule has 0 bridgehead atoms. The molecule has 2 aliphatic heterocycles. The fourth-order valence-electron chi connectivity index (χ4n) is 2.96. The van der Waals surface area contributed by atoms with Crippen molar-refractivity contribution in [2.24, 2.45) is 0 Å². The Morgan fingerprint density at radius 2 is 1.84 bits per heavy atom. The summed E-state index contributed by atoms with van der Waals surface area (Å²) in [5.41, 5.74) is 1.55. The molecule has 3 rings (SSSR count). The lowest BCUT2D eigenvalue weighted by Crippen LogP contribution is -2.48. The first-order valence-corrected chi connectivity index (χ1v) is 9.10. The van der Waals surface area contributed by atoms with Gasteiger partial charge >= 0.3 is 0 Å². The van der Waals surface area contributed by atoms with Crippen molar-refractivity contribution in [2.75, 3.05) is 44.6 Å². The topological polar surface area (TPSA) is 6.48 Å². The summed E-state index contributed by atoms with van der Waals surface area (Å²) in [6, 6.07) is 8.89. The SMILES string of the molecule is BrCCN1CCN(CC2Cc3ccccc3S2)CC1. The van der Waals surface area contributed by atoms with E-state index in [9.17, 15) is 0 Å². The van der Waals surface area contributed by atoms with Crippen molar-refractivity contribution in [3.05, 3.63) is 29.8 Å². The van der Waals surface area contributed by atoms with Gasteiger partial charge in [0.25, 0.3) is 0 Å². The number of halogens is 1. The zero-order valence-electron chi connectivity index (χ0n) is 11.2. The van der Waals surface area contributed by atoms with E-state index in [2.05, 4.69) is 61.8 Å². The molecule has 1 aromatic rings. The Morgan fingerprint density at radius 3 is 2.58 bits per heavy atom. The summed E-state index contributed by atoms with van der Waals surface area (Å²) in [5.74, 6) is 0. The molecule has 0 spiro atoms. The van der Waals surface area contributed by atoms with Crippen LogP contribution in [0.2, 0.25) is 0 Å². The van der Waals surface area contributed by atoms with Crippen LogP contribution in [-0.2, 0) is 6.42 Å². The van der Waals surface area contributed by atoms with Gasteiger partial charge in [0, 0.05) is 54.7 Å². The number of rotatable bonds is 4. The number of alkyl halides is 1. The molecule has 2 aliphatic rings. The van der Waals surface area contributed by atoms with Crippen molar-refractivity contribution in [2.45, 2.75) is 16.6 Å². The molecule has 1 saturated heterocycles. The van der Waals surface area contributed by atoms with E-state index in [1.54, 1.807) is 5.56 Å². The third kappa shape index (κ3) is 3.54. The second kappa shape index (κ2) is 6.61. The van der Waals surface area contributed by atoms with E-state index in [0.717, 1.165) is 10.6 Å². The van der Waals surface area contributed by atoms with Gasteiger partial charge in [0.05, 0.1) is 0 Å². The highest BCUT2D eigenvalue weighted by molar-refractivity contribution is 9.09. The number of benzene rings is 1. The van der Waals surface area contributed by atoms with Gasteiger partial charge in [-0.25, -0.2) is 0 Å². The van der Waals surface area contributed by atoms with Crippen molar-refractivity contribution in [1.82, 2.24) is 9.80 Å². The number of fused-ring (bicyclic) bond motifs is 1. The predicted octanol–water partition coefficient (Wildman–Crippen LogP) is 2.72. The van der Waals surface area contributed by atoms with Gasteiger partial charge < -0.3 is 0 Å². The molecule has 1 fully saturated rings. The lowest BCUT2D eigenvalue weighted by Gasteiger charge is -2.35. The van der Waals surface area contributed by atoms with Crippen LogP contribution in [0.5, 0.6) is 0 Å². The largest absolute Gasteiger partial charge is 0.300 e. The quantitative estimate of drug-likeness (QED) is 0.778. The molecule has 0 aliphatic carbocycles. The molecule has 4 heteroatoms. The number of hydrogen-bond donors (Lipinski definition) is 0. The highest BCUT2D eigenvalue weighted by Gasteiger charge is 2.25. The standard InChI is InChI=1S/C15H21BrN2S/c16-5-6-17-7-9-18(10-8-17)12-14-11-13-3-1-2-4-15(13)19-14/h1-4,14H,5-12H2. The number of hydrogen-bond acceptors (Lipinski definition) is 3. The van der Waals surface area contributed by atoms with Crippen molar-refractivity contribution in [3.63, 3.8) is 0 Å². The van der Waals surface area contributed by atoms with Crippen LogP contribution < -0.4 is 0 Å². The van der Waals surface area contributed by atoms with Crippen molar-refractivity contribution in [3.8, 4) is 0 Å². The van der Waals surface area contributed by atoms with Crippen LogP contribution in [-0.4, -0.2) is 59.6 Å². The van der Waals surface area contributed by atoms with Crippen LogP contribution in [0, 0.1) is 0 Å². The minimum Gasteiger partial charge on any atom is -0.300 e. The van der Waals surface area contributed by atoms with Crippen molar-refractivity contribution < 1.29 is 0 Å². The lowest BCUT2D eigenvalue weighted by molar-refractivity contribution is 0.139. The fraction of sp³-hybridized carbons (Fsp3) is 0.600. The number of nitrogens with zero attached hydrogens (tertiary/aromatic N) is 2. The second-order valence-corrected chi connectivity index (χ2v) is 7.52. The zero-order valence-corrected chi connectivity index (χ0v) is 13.6. The molecule has 0 N–H and O–H groups in total. The maximum absolute atomic E-state index is 3.53. The highest BCUT2D eigenvalue weighted by Crippen LogP contribution is 2.37. The van der Waals surface area contributed by atoms with Gasteiger partial charge in [-0.2, -0.15) is 0 Å². The monoisotopic (exact) mass is 340 g/mol. The highest BCUT2D eigenvalue weighted by atomic mass is 79.9. The summed E-state index contributed by atoms with van der Waals surface area (Å²) >= 11 is 5.61. The summed E-state index contributed by atoms with van der Waals surface area (Å²) in [4.78, 5) is 6.71. The number of piperazine rings is 1. The van der Waals surface area contributed by atoms with E-state index in [-0.39, 0.29) is 0 Å². The van der Waals surface area contributed by atoms with Crippen molar-refractivity contribution in [1.29, 1.82) is 0 Å². The maximum Gasteiger partial charge on any atom is 0.0263 e. The van der Waals surface area contributed by atoms with Gasteiger partial charge in [-0.15, -0.1) is 11.8 Å². The zero-order chi connectivity index (χ0) is 13.1. The Bertz CT molecular complexity index is 393. The third-order valence-corrected chi connectivity index (χ3v) is 5.70. The Kier molecular flexibility index (Phi) is 4.85. The van der Waals surface area contributed by atoms with Gasteiger partial charge in [0.2, 0.25) is 0 Å². The molecule has 1 atom stereocenters. The van der Waals surface area contributed by atoms with E-state index in [1.807, 2.05) is 0 Å². The average Bonchev–Trinajstić information content (AvgIpc) is 2.83. The third-order valence-electron chi connectivity index (χ3n) is 4.04. The van der Waals surface area contributed by atoms with E-state index in [0.29, 0.717) is 0 Å². The van der Waals surface area contributed by atoms with Crippen LogP contribution in [0.1, 0.15) is 5.56 Å². The van der Waals surface area contributed by atoms with Gasteiger partial charge in [-0.05, 0) is 18.1 Å². The minimum atomic E-state index is 0.764. The normalized spacial score (nSPS) is 24.6. The van der Waals surface area contributed by atoms with E-state index >= 15 is 0 Å². The van der Waals surface area contributed by atoms with Crippen LogP contribution >= 0.6 is 27.7 Å². The van der Waals surface area contributed by atoms with Crippen LogP contribution in [0.25, 0.3) is 0 Å². The molecule has 19 heavy (non-hydrogen) atoms. The van der Waals surface area contributed by atoms with Crippen molar-refractivity contribution >= 4 is 27.7 Å². The Morgan fingerprint density at radius 1 is 1.11 bits per heavy atom. The number of thioether (sulfide) groups is 1. The Hall–Kier alpha value is -0.0300. The van der Waals surface area contributed by atoms with E-state index < -0.39 is 0 Å². The molecule has 1 aromatic carbocycles. The molecule has 0 aromatic heterocycles. The summed E-state index contributed by atoms with van der Waals surface area (Å²) in [6.45, 7) is 7.38. The molecule has 1 unspecified atom stereocenters. The summed E-state index contributed by atoms with van der Waals surface area (Å²) < 4.78 is 0. The molecule has 0 amide bonds. The predicted molar refractivity (Wildman–Crippen MR) is 86.5 cm³/mol. The first-order chi connectivity index (χ1) is 9.35. The first kappa shape index (κ1) is 13.9. The maximum atomic E-state index is 3.53. The first-order valence-electron chi connectivity index (χ1n) is 7.10. The molecule has 2 heterocycles. The Labute approximate surface area is 128 Å². The van der Waals surface area contributed by atoms with Gasteiger partial charge in [0.15, 0.2) is 0 Å². The minimum absolute atomic E-state index is 0.764. The van der Waals surface area contributed by atoms with Gasteiger partial charge in [0.1, 0.15) is 0 Å².